The number of hydrogen-bond acceptors (Lipinski definition) is 4. The van der Waals surface area contributed by atoms with Gasteiger partial charge in [-0.15, -0.1) is 53.6 Å². The second-order valence-electron chi connectivity index (χ2n) is 21.7. The predicted octanol–water partition coefficient (Wildman–Crippen LogP) is 16.0. The number of fused-ring (bicyclic) bond motifs is 3. The molecule has 3 heterocycles. The van der Waals surface area contributed by atoms with Crippen LogP contribution in [0.25, 0.3) is 49.9 Å². The summed E-state index contributed by atoms with van der Waals surface area (Å²) in [6.07, 6.45) is 6.11. The zero-order valence-corrected chi connectivity index (χ0v) is 42.7. The molecule has 6 heteroatoms. The molecule has 0 spiro atoms. The van der Waals surface area contributed by atoms with Crippen molar-refractivity contribution in [1.82, 2.24) is 9.55 Å². The third kappa shape index (κ3) is 9.38. The molecular formula is C60H61N4OPt-3. The first-order valence-corrected chi connectivity index (χ1v) is 22.8. The summed E-state index contributed by atoms with van der Waals surface area (Å²) in [7, 11) is 0. The number of para-hydroxylation sites is 1. The molecule has 66 heavy (non-hydrogen) atoms. The molecule has 0 unspecified atom stereocenters. The SMILES string of the molecule is CC(C)(C)c1cc(Oc2[c-]c3c(cc2)c2cccc(C(C)(C)C)c2n3-c2cc(-c3cc(C(C)(C)C)cc(C(C)(C)C)c3)ccn2)[c-]c(N2C=CN(c3cccc(-c4ccccc4)c3)[CH-]2)c1.[Pt]. The van der Waals surface area contributed by atoms with Crippen molar-refractivity contribution in [3.8, 4) is 39.6 Å². The van der Waals surface area contributed by atoms with Gasteiger partial charge in [0.1, 0.15) is 5.82 Å². The van der Waals surface area contributed by atoms with Crippen LogP contribution in [0.15, 0.2) is 146 Å². The summed E-state index contributed by atoms with van der Waals surface area (Å²) in [6, 6.07) is 53.1. The number of aromatic nitrogens is 2. The molecular weight excluding hydrogens is 988 g/mol. The largest absolute Gasteiger partial charge is 0.509 e. The van der Waals surface area contributed by atoms with E-state index in [9.17, 15) is 0 Å². The smallest absolute Gasteiger partial charge is 0.136 e. The summed E-state index contributed by atoms with van der Waals surface area (Å²) in [6.45, 7) is 29.4. The summed E-state index contributed by atoms with van der Waals surface area (Å²) < 4.78 is 9.14. The van der Waals surface area contributed by atoms with Crippen molar-refractivity contribution in [2.24, 2.45) is 0 Å². The van der Waals surface area contributed by atoms with Crippen LogP contribution >= 0.6 is 0 Å². The fourth-order valence-corrected chi connectivity index (χ4v) is 8.65. The van der Waals surface area contributed by atoms with Gasteiger partial charge in [-0.2, -0.15) is 6.07 Å². The molecule has 2 aromatic heterocycles. The maximum absolute atomic E-state index is 6.84. The molecule has 0 atom stereocenters. The average molecular weight is 1050 g/mol. The van der Waals surface area contributed by atoms with Gasteiger partial charge in [0, 0.05) is 50.0 Å². The van der Waals surface area contributed by atoms with Crippen molar-refractivity contribution in [1.29, 1.82) is 0 Å². The average Bonchev–Trinajstić information content (AvgIpc) is 3.89. The second kappa shape index (κ2) is 17.4. The molecule has 340 valence electrons. The van der Waals surface area contributed by atoms with Gasteiger partial charge >= 0.3 is 0 Å². The van der Waals surface area contributed by atoms with Gasteiger partial charge in [-0.1, -0.05) is 167 Å². The molecule has 0 N–H and O–H groups in total. The maximum atomic E-state index is 6.84. The number of anilines is 2. The van der Waals surface area contributed by atoms with Gasteiger partial charge < -0.3 is 19.1 Å². The molecule has 0 aliphatic carbocycles. The summed E-state index contributed by atoms with van der Waals surface area (Å²) >= 11 is 0. The summed E-state index contributed by atoms with van der Waals surface area (Å²) in [4.78, 5) is 9.36. The molecule has 0 fully saturated rings. The number of nitrogens with zero attached hydrogens (tertiary/aromatic N) is 4. The van der Waals surface area contributed by atoms with E-state index in [0.717, 1.165) is 50.1 Å². The Labute approximate surface area is 407 Å². The van der Waals surface area contributed by atoms with Gasteiger partial charge in [0.2, 0.25) is 0 Å². The van der Waals surface area contributed by atoms with E-state index in [4.69, 9.17) is 9.72 Å². The van der Waals surface area contributed by atoms with E-state index in [-0.39, 0.29) is 42.7 Å². The standard InChI is InChI=1S/C60H61N4O.Pt/c1-57(2,3)44-30-43(31-45(34-44)58(4,5)6)42-26-27-61-55(33-42)64-54-38-49(24-25-51(54)52-22-17-23-53(56(52)64)60(10,11)12)65-50-36-46(59(7,8)9)35-48(37-50)63-29-28-62(39-63)47-21-16-20-41(32-47)40-18-14-13-15-19-40;/h13-36,39H,1-12H3;/q-3;. The first-order chi connectivity index (χ1) is 30.7. The quantitative estimate of drug-likeness (QED) is 0.149. The van der Waals surface area contributed by atoms with Gasteiger partial charge in [-0.25, -0.2) is 4.98 Å². The van der Waals surface area contributed by atoms with Crippen LogP contribution in [0.4, 0.5) is 11.4 Å². The Morgan fingerprint density at radius 3 is 1.82 bits per heavy atom. The molecule has 5 nitrogen and oxygen atoms in total. The Kier molecular flexibility index (Phi) is 12.3. The third-order valence-electron chi connectivity index (χ3n) is 12.5. The van der Waals surface area contributed by atoms with Gasteiger partial charge in [-0.3, -0.25) is 0 Å². The van der Waals surface area contributed by atoms with E-state index in [1.807, 2.05) is 18.3 Å². The number of rotatable bonds is 7. The molecule has 8 aromatic rings. The van der Waals surface area contributed by atoms with Crippen LogP contribution in [-0.2, 0) is 42.7 Å². The third-order valence-corrected chi connectivity index (χ3v) is 12.5. The summed E-state index contributed by atoms with van der Waals surface area (Å²) in [5, 5.41) is 2.25. The van der Waals surface area contributed by atoms with E-state index in [1.54, 1.807) is 0 Å². The number of ether oxygens (including phenoxy) is 1. The zero-order chi connectivity index (χ0) is 46.1. The van der Waals surface area contributed by atoms with Crippen molar-refractivity contribution in [2.75, 3.05) is 9.80 Å². The van der Waals surface area contributed by atoms with Gasteiger partial charge in [0.15, 0.2) is 0 Å². The molecule has 9 rings (SSSR count). The van der Waals surface area contributed by atoms with Crippen LogP contribution in [0.3, 0.4) is 0 Å². The minimum absolute atomic E-state index is 0. The van der Waals surface area contributed by atoms with Crippen LogP contribution in [0.1, 0.15) is 105 Å². The van der Waals surface area contributed by atoms with E-state index >= 15 is 0 Å². The Balaban J connectivity index is 0.00000592. The monoisotopic (exact) mass is 1050 g/mol. The Morgan fingerprint density at radius 2 is 1.14 bits per heavy atom. The topological polar surface area (TPSA) is 33.5 Å². The van der Waals surface area contributed by atoms with Crippen molar-refractivity contribution in [3.63, 3.8) is 0 Å². The fourth-order valence-electron chi connectivity index (χ4n) is 8.65. The summed E-state index contributed by atoms with van der Waals surface area (Å²) in [5.74, 6) is 2.07. The van der Waals surface area contributed by atoms with Gasteiger partial charge in [0.05, 0.1) is 0 Å². The Hall–Kier alpha value is -5.90. The molecule has 6 aromatic carbocycles. The van der Waals surface area contributed by atoms with Crippen molar-refractivity contribution in [2.45, 2.75) is 105 Å². The van der Waals surface area contributed by atoms with Crippen LogP contribution in [-0.4, -0.2) is 9.55 Å². The van der Waals surface area contributed by atoms with E-state index in [1.165, 1.54) is 33.4 Å². The van der Waals surface area contributed by atoms with E-state index in [2.05, 4.69) is 244 Å². The number of benzene rings is 6. The normalized spacial score (nSPS) is 13.5. The summed E-state index contributed by atoms with van der Waals surface area (Å²) in [5.41, 5.74) is 13.4. The number of hydrogen-bond donors (Lipinski definition) is 0. The molecule has 0 saturated carbocycles. The van der Waals surface area contributed by atoms with Crippen LogP contribution in [0.2, 0.25) is 0 Å². The number of pyridine rings is 1. The molecule has 0 amide bonds. The van der Waals surface area contributed by atoms with Crippen LogP contribution in [0, 0.1) is 18.8 Å². The Bertz CT molecular complexity index is 3060. The van der Waals surface area contributed by atoms with E-state index in [0.29, 0.717) is 11.5 Å². The maximum Gasteiger partial charge on any atom is 0.136 e. The molecule has 1 aliphatic heterocycles. The predicted molar refractivity (Wildman–Crippen MR) is 273 cm³/mol. The van der Waals surface area contributed by atoms with Crippen LogP contribution < -0.4 is 14.5 Å². The molecule has 1 aliphatic rings. The van der Waals surface area contributed by atoms with Crippen LogP contribution in [0.5, 0.6) is 11.5 Å². The van der Waals surface area contributed by atoms with Gasteiger partial charge in [0.25, 0.3) is 0 Å². The first-order valence-electron chi connectivity index (χ1n) is 22.8. The minimum Gasteiger partial charge on any atom is -0.509 e. The zero-order valence-electron chi connectivity index (χ0n) is 40.4. The fraction of sp³-hybridized carbons (Fsp3) is 0.267. The second-order valence-corrected chi connectivity index (χ2v) is 21.7. The first kappa shape index (κ1) is 46.6. The van der Waals surface area contributed by atoms with Crippen molar-refractivity contribution in [3.05, 3.63) is 187 Å². The Morgan fingerprint density at radius 1 is 0.500 bits per heavy atom. The van der Waals surface area contributed by atoms with Crippen molar-refractivity contribution < 1.29 is 25.8 Å². The minimum atomic E-state index is -0.144. The van der Waals surface area contributed by atoms with E-state index < -0.39 is 0 Å². The molecule has 0 bridgehead atoms. The van der Waals surface area contributed by atoms with Gasteiger partial charge in [-0.05, 0) is 103 Å². The van der Waals surface area contributed by atoms with Crippen molar-refractivity contribution >= 4 is 33.2 Å². The molecule has 0 radical (unpaired) electrons. The molecule has 0 saturated heterocycles.